The first kappa shape index (κ1) is 16.3. The van der Waals surface area contributed by atoms with Crippen LogP contribution in [0.15, 0.2) is 24.3 Å². The number of hydrogen-bond donors (Lipinski definition) is 2. The molecule has 120 valence electrons. The van der Waals surface area contributed by atoms with Gasteiger partial charge < -0.3 is 10.4 Å². The van der Waals surface area contributed by atoms with E-state index < -0.39 is 35.5 Å². The van der Waals surface area contributed by atoms with E-state index in [4.69, 9.17) is 5.11 Å². The van der Waals surface area contributed by atoms with Crippen molar-refractivity contribution >= 4 is 17.6 Å². The molecule has 0 aromatic heterocycles. The van der Waals surface area contributed by atoms with Crippen molar-refractivity contribution in [1.82, 2.24) is 0 Å². The van der Waals surface area contributed by atoms with Gasteiger partial charge in [0.2, 0.25) is 5.91 Å². The summed E-state index contributed by atoms with van der Waals surface area (Å²) in [4.78, 5) is 23.1. The van der Waals surface area contributed by atoms with Crippen LogP contribution >= 0.6 is 0 Å². The summed E-state index contributed by atoms with van der Waals surface area (Å²) in [7, 11) is 0. The Hall–Kier alpha value is -2.05. The lowest BCUT2D eigenvalue weighted by atomic mass is 9.81. The molecule has 2 rings (SSSR count). The van der Waals surface area contributed by atoms with Crippen LogP contribution in [0.2, 0.25) is 0 Å². The molecule has 22 heavy (non-hydrogen) atoms. The molecule has 1 aliphatic carbocycles. The number of benzene rings is 1. The van der Waals surface area contributed by atoms with Gasteiger partial charge >= 0.3 is 12.1 Å². The van der Waals surface area contributed by atoms with Crippen LogP contribution in [0.1, 0.15) is 31.2 Å². The van der Waals surface area contributed by atoms with Gasteiger partial charge in [-0.1, -0.05) is 12.5 Å². The highest BCUT2D eigenvalue weighted by molar-refractivity contribution is 5.93. The summed E-state index contributed by atoms with van der Waals surface area (Å²) in [5.74, 6) is -2.41. The molecule has 0 saturated heterocycles. The minimum atomic E-state index is -4.47. The molecule has 2 atom stereocenters. The summed E-state index contributed by atoms with van der Waals surface area (Å²) in [5, 5.41) is 11.4. The maximum atomic E-state index is 12.6. The smallest absolute Gasteiger partial charge is 0.416 e. The summed E-state index contributed by atoms with van der Waals surface area (Å²) >= 11 is 0. The molecule has 2 N–H and O–H groups in total. The zero-order chi connectivity index (χ0) is 16.3. The molecule has 0 bridgehead atoms. The van der Waals surface area contributed by atoms with E-state index in [2.05, 4.69) is 5.32 Å². The first-order chi connectivity index (χ1) is 10.3. The third-order valence-corrected chi connectivity index (χ3v) is 3.85. The highest BCUT2D eigenvalue weighted by Crippen LogP contribution is 2.32. The van der Waals surface area contributed by atoms with Crippen LogP contribution in [0.4, 0.5) is 18.9 Å². The van der Waals surface area contributed by atoms with E-state index in [-0.39, 0.29) is 12.1 Å². The molecule has 4 nitrogen and oxygen atoms in total. The molecular weight excluding hydrogens is 299 g/mol. The van der Waals surface area contributed by atoms with Crippen LogP contribution in [0, 0.1) is 11.8 Å². The molecule has 7 heteroatoms. The largest absolute Gasteiger partial charge is 0.481 e. The average molecular weight is 315 g/mol. The van der Waals surface area contributed by atoms with E-state index >= 15 is 0 Å². The summed E-state index contributed by atoms with van der Waals surface area (Å²) < 4.78 is 37.9. The van der Waals surface area contributed by atoms with E-state index in [1.807, 2.05) is 0 Å². The van der Waals surface area contributed by atoms with Gasteiger partial charge in [-0.15, -0.1) is 0 Å². The number of rotatable bonds is 3. The summed E-state index contributed by atoms with van der Waals surface area (Å²) in [6.45, 7) is 0. The molecule has 0 spiro atoms. The summed E-state index contributed by atoms with van der Waals surface area (Å²) in [6, 6.07) is 4.40. The fourth-order valence-corrected chi connectivity index (χ4v) is 2.67. The number of amides is 1. The third kappa shape index (κ3) is 3.99. The second-order valence-electron chi connectivity index (χ2n) is 5.47. The molecule has 1 saturated carbocycles. The fraction of sp³-hybridized carbons (Fsp3) is 0.467. The van der Waals surface area contributed by atoms with Gasteiger partial charge in [0.1, 0.15) is 0 Å². The van der Waals surface area contributed by atoms with Crippen LogP contribution in [0.25, 0.3) is 0 Å². The monoisotopic (exact) mass is 315 g/mol. The maximum Gasteiger partial charge on any atom is 0.416 e. The van der Waals surface area contributed by atoms with E-state index in [0.717, 1.165) is 12.1 Å². The first-order valence-electron chi connectivity index (χ1n) is 6.98. The Labute approximate surface area is 125 Å². The predicted molar refractivity (Wildman–Crippen MR) is 73.2 cm³/mol. The van der Waals surface area contributed by atoms with E-state index in [0.29, 0.717) is 19.3 Å². The Balaban J connectivity index is 2.04. The Morgan fingerprint density at radius 2 is 1.86 bits per heavy atom. The molecule has 1 amide bonds. The maximum absolute atomic E-state index is 12.6. The number of anilines is 1. The van der Waals surface area contributed by atoms with Gasteiger partial charge in [-0.3, -0.25) is 9.59 Å². The lowest BCUT2D eigenvalue weighted by Gasteiger charge is -2.25. The van der Waals surface area contributed by atoms with Crippen molar-refractivity contribution in [2.75, 3.05) is 5.32 Å². The minimum Gasteiger partial charge on any atom is -0.481 e. The van der Waals surface area contributed by atoms with E-state index in [1.165, 1.54) is 12.1 Å². The van der Waals surface area contributed by atoms with Gasteiger partial charge in [-0.05, 0) is 37.5 Å². The number of halogens is 3. The van der Waals surface area contributed by atoms with Gasteiger partial charge in [0.25, 0.3) is 0 Å². The quantitative estimate of drug-likeness (QED) is 0.896. The van der Waals surface area contributed by atoms with Crippen molar-refractivity contribution in [2.24, 2.45) is 11.8 Å². The van der Waals surface area contributed by atoms with Crippen molar-refractivity contribution < 1.29 is 27.9 Å². The highest BCUT2D eigenvalue weighted by atomic mass is 19.4. The Morgan fingerprint density at radius 3 is 2.50 bits per heavy atom. The predicted octanol–water partition coefficient (Wildman–Crippen LogP) is 3.53. The number of carboxylic acid groups (broad SMARTS) is 1. The zero-order valence-electron chi connectivity index (χ0n) is 11.7. The van der Waals surface area contributed by atoms with Crippen LogP contribution in [-0.2, 0) is 15.8 Å². The van der Waals surface area contributed by atoms with E-state index in [9.17, 15) is 22.8 Å². The first-order valence-corrected chi connectivity index (χ1v) is 6.98. The molecule has 1 fully saturated rings. The van der Waals surface area contributed by atoms with Crippen LogP contribution in [-0.4, -0.2) is 17.0 Å². The Morgan fingerprint density at radius 1 is 1.18 bits per heavy atom. The van der Waals surface area contributed by atoms with Crippen molar-refractivity contribution in [3.05, 3.63) is 29.8 Å². The van der Waals surface area contributed by atoms with Crippen molar-refractivity contribution in [3.63, 3.8) is 0 Å². The van der Waals surface area contributed by atoms with Gasteiger partial charge in [-0.25, -0.2) is 0 Å². The van der Waals surface area contributed by atoms with Crippen molar-refractivity contribution in [3.8, 4) is 0 Å². The molecule has 0 heterocycles. The molecule has 1 aromatic rings. The minimum absolute atomic E-state index is 0.0669. The lowest BCUT2D eigenvalue weighted by Crippen LogP contribution is -2.31. The molecule has 0 radical (unpaired) electrons. The van der Waals surface area contributed by atoms with Crippen molar-refractivity contribution in [1.29, 1.82) is 0 Å². The fourth-order valence-electron chi connectivity index (χ4n) is 2.67. The number of alkyl halides is 3. The van der Waals surface area contributed by atoms with E-state index in [1.54, 1.807) is 0 Å². The summed E-state index contributed by atoms with van der Waals surface area (Å²) in [6.07, 6.45) is -2.55. The Kier molecular flexibility index (Phi) is 4.73. The molecule has 0 aliphatic heterocycles. The number of aliphatic carboxylic acids is 1. The standard InChI is InChI=1S/C15H16F3NO3/c16-15(17,18)11-5-2-6-12(8-11)19-13(20)9-3-1-4-10(7-9)14(21)22/h2,5-6,8-10H,1,3-4,7H2,(H,19,20)(H,21,22). The topological polar surface area (TPSA) is 66.4 Å². The number of carboxylic acids is 1. The van der Waals surface area contributed by atoms with Crippen LogP contribution < -0.4 is 5.32 Å². The molecule has 1 aromatic carbocycles. The van der Waals surface area contributed by atoms with Gasteiger partial charge in [0, 0.05) is 11.6 Å². The lowest BCUT2D eigenvalue weighted by molar-refractivity contribution is -0.144. The second-order valence-corrected chi connectivity index (χ2v) is 5.47. The Bertz CT molecular complexity index is 571. The van der Waals surface area contributed by atoms with Crippen LogP contribution in [0.5, 0.6) is 0 Å². The molecule has 1 aliphatic rings. The second kappa shape index (κ2) is 6.37. The number of carbonyl (C=O) groups excluding carboxylic acids is 1. The third-order valence-electron chi connectivity index (χ3n) is 3.85. The van der Waals surface area contributed by atoms with Gasteiger partial charge in [0.15, 0.2) is 0 Å². The molecular formula is C15H16F3NO3. The number of nitrogens with one attached hydrogen (secondary N) is 1. The average Bonchev–Trinajstić information content (AvgIpc) is 2.46. The van der Waals surface area contributed by atoms with Crippen molar-refractivity contribution in [2.45, 2.75) is 31.9 Å². The number of carbonyl (C=O) groups is 2. The molecule has 2 unspecified atom stereocenters. The van der Waals surface area contributed by atoms with Gasteiger partial charge in [0.05, 0.1) is 11.5 Å². The highest BCUT2D eigenvalue weighted by Gasteiger charge is 2.32. The van der Waals surface area contributed by atoms with Gasteiger partial charge in [-0.2, -0.15) is 13.2 Å². The zero-order valence-corrected chi connectivity index (χ0v) is 11.7. The van der Waals surface area contributed by atoms with Crippen LogP contribution in [0.3, 0.4) is 0 Å². The normalized spacial score (nSPS) is 22.1. The SMILES string of the molecule is O=C(O)C1CCCC(C(=O)Nc2cccc(C(F)(F)F)c2)C1. The summed E-state index contributed by atoms with van der Waals surface area (Å²) in [5.41, 5.74) is -0.769. The number of hydrogen-bond acceptors (Lipinski definition) is 2.